The summed E-state index contributed by atoms with van der Waals surface area (Å²) in [5, 5.41) is 0.766. The van der Waals surface area contributed by atoms with Crippen LogP contribution >= 0.6 is 34.2 Å². The van der Waals surface area contributed by atoms with E-state index in [2.05, 4.69) is 29.2 Å². The Morgan fingerprint density at radius 2 is 2.12 bits per heavy atom. The highest BCUT2D eigenvalue weighted by Crippen LogP contribution is 2.25. The average Bonchev–Trinajstić information content (AvgIpc) is 2.32. The van der Waals surface area contributed by atoms with E-state index in [1.54, 1.807) is 0 Å². The van der Waals surface area contributed by atoms with Crippen molar-refractivity contribution in [3.8, 4) is 0 Å². The van der Waals surface area contributed by atoms with Gasteiger partial charge < -0.3 is 5.73 Å². The molecule has 1 nitrogen and oxygen atoms in total. The molecule has 0 heterocycles. The molecule has 0 amide bonds. The standard InChI is InChI=1S/C14H19ClIN/c1-2-3-4-5-6-7-14(17)12-10-11(15)8-9-13(12)16/h2,8-10,14H,1,3-7,17H2. The summed E-state index contributed by atoms with van der Waals surface area (Å²) in [6, 6.07) is 6.02. The van der Waals surface area contributed by atoms with E-state index in [4.69, 9.17) is 17.3 Å². The molecule has 0 radical (unpaired) electrons. The van der Waals surface area contributed by atoms with Crippen molar-refractivity contribution in [1.29, 1.82) is 0 Å². The van der Waals surface area contributed by atoms with Gasteiger partial charge in [-0.15, -0.1) is 6.58 Å². The van der Waals surface area contributed by atoms with Crippen molar-refractivity contribution in [2.45, 2.75) is 38.1 Å². The first-order valence-electron chi connectivity index (χ1n) is 5.96. The molecule has 0 fully saturated rings. The molecule has 3 heteroatoms. The van der Waals surface area contributed by atoms with Crippen molar-refractivity contribution < 1.29 is 0 Å². The largest absolute Gasteiger partial charge is 0.324 e. The van der Waals surface area contributed by atoms with Gasteiger partial charge in [-0.05, 0) is 65.6 Å². The smallest absolute Gasteiger partial charge is 0.0410 e. The molecule has 1 aromatic carbocycles. The number of hydrogen-bond acceptors (Lipinski definition) is 1. The summed E-state index contributed by atoms with van der Waals surface area (Å²) in [5.41, 5.74) is 7.36. The zero-order valence-electron chi connectivity index (χ0n) is 9.96. The molecule has 0 spiro atoms. The second-order valence-electron chi connectivity index (χ2n) is 4.20. The summed E-state index contributed by atoms with van der Waals surface area (Å²) in [6.07, 6.45) is 7.69. The Morgan fingerprint density at radius 1 is 1.35 bits per heavy atom. The molecule has 0 saturated heterocycles. The highest BCUT2D eigenvalue weighted by molar-refractivity contribution is 14.1. The van der Waals surface area contributed by atoms with Gasteiger partial charge in [0.05, 0.1) is 0 Å². The Morgan fingerprint density at radius 3 is 2.82 bits per heavy atom. The maximum absolute atomic E-state index is 6.20. The third-order valence-electron chi connectivity index (χ3n) is 2.78. The van der Waals surface area contributed by atoms with Gasteiger partial charge in [-0.2, -0.15) is 0 Å². The van der Waals surface area contributed by atoms with Crippen LogP contribution in [0, 0.1) is 3.57 Å². The quantitative estimate of drug-likeness (QED) is 0.408. The number of halogens is 2. The average molecular weight is 364 g/mol. The van der Waals surface area contributed by atoms with E-state index in [0.29, 0.717) is 0 Å². The predicted molar refractivity (Wildman–Crippen MR) is 84.4 cm³/mol. The fraction of sp³-hybridized carbons (Fsp3) is 0.429. The summed E-state index contributed by atoms with van der Waals surface area (Å²) in [5.74, 6) is 0. The summed E-state index contributed by atoms with van der Waals surface area (Å²) >= 11 is 8.31. The number of unbranched alkanes of at least 4 members (excludes halogenated alkanes) is 3. The van der Waals surface area contributed by atoms with Crippen molar-refractivity contribution in [2.75, 3.05) is 0 Å². The molecule has 1 atom stereocenters. The Hall–Kier alpha value is -0.0600. The highest BCUT2D eigenvalue weighted by Gasteiger charge is 2.09. The van der Waals surface area contributed by atoms with Crippen LogP contribution in [0.2, 0.25) is 5.02 Å². The first kappa shape index (κ1) is 15.0. The summed E-state index contributed by atoms with van der Waals surface area (Å²) in [6.45, 7) is 3.72. The monoisotopic (exact) mass is 363 g/mol. The Bertz CT molecular complexity index is 365. The molecule has 1 rings (SSSR count). The van der Waals surface area contributed by atoms with Gasteiger partial charge in [-0.25, -0.2) is 0 Å². The summed E-state index contributed by atoms with van der Waals surface area (Å²) < 4.78 is 1.20. The Balaban J connectivity index is 2.43. The van der Waals surface area contributed by atoms with Gasteiger partial charge in [-0.3, -0.25) is 0 Å². The van der Waals surface area contributed by atoms with Gasteiger partial charge >= 0.3 is 0 Å². The lowest BCUT2D eigenvalue weighted by atomic mass is 10.0. The van der Waals surface area contributed by atoms with Crippen molar-refractivity contribution in [3.63, 3.8) is 0 Å². The normalized spacial score (nSPS) is 12.4. The second kappa shape index (κ2) is 8.11. The molecule has 0 bridgehead atoms. The molecule has 94 valence electrons. The number of allylic oxidation sites excluding steroid dienone is 1. The maximum Gasteiger partial charge on any atom is 0.0410 e. The predicted octanol–water partition coefficient (Wildman–Crippen LogP) is 5.08. The molecular weight excluding hydrogens is 345 g/mol. The zero-order chi connectivity index (χ0) is 12.7. The van der Waals surface area contributed by atoms with Crippen LogP contribution in [0.15, 0.2) is 30.9 Å². The fourth-order valence-corrected chi connectivity index (χ4v) is 2.70. The van der Waals surface area contributed by atoms with E-state index in [1.807, 2.05) is 24.3 Å². The summed E-state index contributed by atoms with van der Waals surface area (Å²) in [7, 11) is 0. The first-order chi connectivity index (χ1) is 8.15. The lowest BCUT2D eigenvalue weighted by Gasteiger charge is -2.14. The third-order valence-corrected chi connectivity index (χ3v) is 4.00. The molecule has 0 saturated carbocycles. The van der Waals surface area contributed by atoms with E-state index in [1.165, 1.54) is 22.0 Å². The molecule has 0 aliphatic rings. The lowest BCUT2D eigenvalue weighted by molar-refractivity contribution is 0.571. The van der Waals surface area contributed by atoms with Gasteiger partial charge in [0.15, 0.2) is 0 Å². The van der Waals surface area contributed by atoms with Gasteiger partial charge in [0.1, 0.15) is 0 Å². The van der Waals surface area contributed by atoms with E-state index >= 15 is 0 Å². The van der Waals surface area contributed by atoms with Crippen LogP contribution in [-0.4, -0.2) is 0 Å². The third kappa shape index (κ3) is 5.40. The first-order valence-corrected chi connectivity index (χ1v) is 7.42. The van der Waals surface area contributed by atoms with Crippen LogP contribution in [0.25, 0.3) is 0 Å². The molecule has 0 aromatic heterocycles. The number of nitrogens with two attached hydrogens (primary N) is 1. The SMILES string of the molecule is C=CCCCCCC(N)c1cc(Cl)ccc1I. The van der Waals surface area contributed by atoms with Gasteiger partial charge in [0.25, 0.3) is 0 Å². The topological polar surface area (TPSA) is 26.0 Å². The lowest BCUT2D eigenvalue weighted by Crippen LogP contribution is -2.11. The van der Waals surface area contributed by atoms with Crippen molar-refractivity contribution >= 4 is 34.2 Å². The van der Waals surface area contributed by atoms with E-state index in [-0.39, 0.29) is 6.04 Å². The number of hydrogen-bond donors (Lipinski definition) is 1. The van der Waals surface area contributed by atoms with Crippen LogP contribution in [-0.2, 0) is 0 Å². The van der Waals surface area contributed by atoms with Gasteiger partial charge in [0, 0.05) is 14.6 Å². The Labute approximate surface area is 123 Å². The molecular formula is C14H19ClIN. The van der Waals surface area contributed by atoms with Crippen molar-refractivity contribution in [3.05, 3.63) is 45.0 Å². The molecule has 1 unspecified atom stereocenters. The molecule has 0 aliphatic heterocycles. The second-order valence-corrected chi connectivity index (χ2v) is 5.80. The number of rotatable bonds is 7. The van der Waals surface area contributed by atoms with Crippen LogP contribution in [0.5, 0.6) is 0 Å². The zero-order valence-corrected chi connectivity index (χ0v) is 12.9. The Kier molecular flexibility index (Phi) is 7.16. The van der Waals surface area contributed by atoms with Crippen molar-refractivity contribution in [2.24, 2.45) is 5.73 Å². The molecule has 2 N–H and O–H groups in total. The minimum Gasteiger partial charge on any atom is -0.324 e. The van der Waals surface area contributed by atoms with Crippen LogP contribution in [0.1, 0.15) is 43.7 Å². The fourth-order valence-electron chi connectivity index (χ4n) is 1.78. The van der Waals surface area contributed by atoms with Crippen LogP contribution in [0.3, 0.4) is 0 Å². The maximum atomic E-state index is 6.20. The van der Waals surface area contributed by atoms with Gasteiger partial charge in [-0.1, -0.05) is 30.5 Å². The minimum absolute atomic E-state index is 0.101. The van der Waals surface area contributed by atoms with E-state index < -0.39 is 0 Å². The van der Waals surface area contributed by atoms with E-state index in [9.17, 15) is 0 Å². The van der Waals surface area contributed by atoms with Gasteiger partial charge in [0.2, 0.25) is 0 Å². The summed E-state index contributed by atoms with van der Waals surface area (Å²) in [4.78, 5) is 0. The van der Waals surface area contributed by atoms with Crippen LogP contribution in [0.4, 0.5) is 0 Å². The minimum atomic E-state index is 0.101. The number of benzene rings is 1. The van der Waals surface area contributed by atoms with E-state index in [0.717, 1.165) is 24.3 Å². The molecule has 17 heavy (non-hydrogen) atoms. The highest BCUT2D eigenvalue weighted by atomic mass is 127. The molecule has 0 aliphatic carbocycles. The van der Waals surface area contributed by atoms with Crippen LogP contribution < -0.4 is 5.73 Å². The van der Waals surface area contributed by atoms with Crippen molar-refractivity contribution in [1.82, 2.24) is 0 Å². The molecule has 1 aromatic rings.